The Morgan fingerprint density at radius 1 is 0.759 bits per heavy atom. The number of hydrogen-bond acceptors (Lipinski definition) is 3. The SMILES string of the molecule is Cc1[c-]c(-c2cc(-c3ccccc3)c3cc([Si](C)(C)C)ccc3n2)cc(C)c1C(C)(C)C.O=C(/C=C(\O)C12CC3CC(CC(C3)C1)C2)C12CC3CC(CC(C3)C1)C2.[Ir]. The maximum atomic E-state index is 13.4. The second kappa shape index (κ2) is 15.2. The molecule has 3 aromatic carbocycles. The van der Waals surface area contributed by atoms with Crippen molar-refractivity contribution >= 4 is 29.9 Å². The van der Waals surface area contributed by atoms with E-state index in [2.05, 4.69) is 121 Å². The molecule has 1 heterocycles. The third-order valence-corrected chi connectivity index (χ3v) is 17.7. The van der Waals surface area contributed by atoms with Crippen molar-refractivity contribution in [3.8, 4) is 22.4 Å². The molecule has 0 unspecified atom stereocenters. The Balaban J connectivity index is 0.000000163. The Morgan fingerprint density at radius 2 is 1.28 bits per heavy atom. The van der Waals surface area contributed by atoms with Gasteiger partial charge in [-0.25, -0.2) is 0 Å². The molecule has 0 amide bonds. The monoisotopic (exact) mass is 969 g/mol. The Labute approximate surface area is 363 Å². The molecule has 0 atom stereocenters. The minimum atomic E-state index is -1.43. The molecule has 1 N–H and O–H groups in total. The number of carbonyl (C=O) groups excluding carboxylic acids is 1. The molecule has 4 aromatic rings. The number of aryl methyl sites for hydroxylation is 2. The van der Waals surface area contributed by atoms with Crippen molar-refractivity contribution in [1.82, 2.24) is 4.98 Å². The number of ketones is 1. The van der Waals surface area contributed by atoms with Gasteiger partial charge in [-0.15, -0.1) is 34.4 Å². The van der Waals surface area contributed by atoms with Crippen LogP contribution in [0.3, 0.4) is 0 Å². The number of hydrogen-bond donors (Lipinski definition) is 1. The first-order valence-electron chi connectivity index (χ1n) is 22.5. The van der Waals surface area contributed by atoms with Gasteiger partial charge >= 0.3 is 0 Å². The number of aromatic nitrogens is 1. The number of benzene rings is 3. The number of fused-ring (bicyclic) bond motifs is 1. The standard InChI is InChI=1S/C30H34NSi.C23H32O2.Ir/c1-20-16-23(17-21(2)29(20)30(3,4)5)28-19-25(22-12-10-9-11-13-22)26-18-24(32(6,7)8)14-15-27(26)31-28;24-20(22-8-14-1-15(9-22)3-16(2-14)10-22)7-21(25)23-11-17-4-18(12-23)6-19(5-17)13-23;/h9-16,18-19H,1-8H3;7,14-19,24H,1-6,8-13H2;/q-1;;/b;20-7-;. The number of rotatable bonds is 6. The molecule has 0 aliphatic heterocycles. The molecule has 8 aliphatic carbocycles. The average Bonchev–Trinajstić information content (AvgIpc) is 3.12. The molecule has 8 bridgehead atoms. The van der Waals surface area contributed by atoms with E-state index in [0.717, 1.165) is 90.8 Å². The zero-order valence-electron chi connectivity index (χ0n) is 36.4. The van der Waals surface area contributed by atoms with Gasteiger partial charge in [0.15, 0.2) is 5.78 Å². The summed E-state index contributed by atoms with van der Waals surface area (Å²) in [5.74, 6) is 5.64. The van der Waals surface area contributed by atoms with Crippen LogP contribution < -0.4 is 5.19 Å². The van der Waals surface area contributed by atoms with Crippen LogP contribution in [0.2, 0.25) is 19.6 Å². The van der Waals surface area contributed by atoms with Crippen molar-refractivity contribution in [1.29, 1.82) is 0 Å². The predicted octanol–water partition coefficient (Wildman–Crippen LogP) is 13.3. The molecule has 1 radical (unpaired) electrons. The molecule has 3 nitrogen and oxygen atoms in total. The van der Waals surface area contributed by atoms with E-state index in [-0.39, 0.29) is 36.4 Å². The summed E-state index contributed by atoms with van der Waals surface area (Å²) >= 11 is 0. The minimum Gasteiger partial charge on any atom is -0.512 e. The van der Waals surface area contributed by atoms with Crippen LogP contribution in [0.25, 0.3) is 33.3 Å². The molecular formula is C53H66IrNO2Si-. The summed E-state index contributed by atoms with van der Waals surface area (Å²) in [5.41, 5.74) is 9.47. The van der Waals surface area contributed by atoms with Gasteiger partial charge in [-0.05, 0) is 141 Å². The zero-order chi connectivity index (χ0) is 40.1. The molecule has 8 saturated carbocycles. The number of nitrogens with zero attached hydrogens (tertiary/aromatic N) is 1. The van der Waals surface area contributed by atoms with Gasteiger partial charge < -0.3 is 5.11 Å². The van der Waals surface area contributed by atoms with E-state index in [1.54, 1.807) is 6.08 Å². The second-order valence-corrected chi connectivity index (χ2v) is 27.4. The van der Waals surface area contributed by atoms with E-state index in [1.165, 1.54) is 76.9 Å². The van der Waals surface area contributed by atoms with Gasteiger partial charge in [-0.2, -0.15) is 0 Å². The number of aliphatic hydroxyl groups is 1. The fourth-order valence-corrected chi connectivity index (χ4v) is 15.3. The Kier molecular flexibility index (Phi) is 11.0. The van der Waals surface area contributed by atoms with E-state index < -0.39 is 8.07 Å². The normalized spacial score (nSPS) is 30.9. The van der Waals surface area contributed by atoms with E-state index in [1.807, 2.05) is 0 Å². The van der Waals surface area contributed by atoms with Crippen molar-refractivity contribution in [3.05, 3.63) is 95.3 Å². The third kappa shape index (κ3) is 7.80. The molecule has 5 heteroatoms. The number of aliphatic hydroxyl groups excluding tert-OH is 1. The van der Waals surface area contributed by atoms with Crippen molar-refractivity contribution < 1.29 is 30.0 Å². The van der Waals surface area contributed by atoms with Crippen LogP contribution in [0.4, 0.5) is 0 Å². The first kappa shape index (κ1) is 41.9. The van der Waals surface area contributed by atoms with Crippen molar-refractivity contribution in [3.63, 3.8) is 0 Å². The summed E-state index contributed by atoms with van der Waals surface area (Å²) in [7, 11) is -1.43. The quantitative estimate of drug-likeness (QED) is 0.0907. The summed E-state index contributed by atoms with van der Waals surface area (Å²) in [5, 5.41) is 13.8. The molecule has 1 aromatic heterocycles. The fraction of sp³-hybridized carbons (Fsp3) is 0.547. The summed E-state index contributed by atoms with van der Waals surface area (Å²) in [6.45, 7) is 18.4. The predicted molar refractivity (Wildman–Crippen MR) is 240 cm³/mol. The summed E-state index contributed by atoms with van der Waals surface area (Å²) in [6, 6.07) is 25.7. The largest absolute Gasteiger partial charge is 0.512 e. The van der Waals surface area contributed by atoms with Crippen molar-refractivity contribution in [2.24, 2.45) is 46.3 Å². The van der Waals surface area contributed by atoms with Crippen LogP contribution in [-0.2, 0) is 30.3 Å². The van der Waals surface area contributed by atoms with Crippen LogP contribution >= 0.6 is 0 Å². The van der Waals surface area contributed by atoms with Gasteiger partial charge in [0.05, 0.1) is 13.6 Å². The van der Waals surface area contributed by atoms with Crippen LogP contribution in [0.15, 0.2) is 72.5 Å². The molecule has 58 heavy (non-hydrogen) atoms. The summed E-state index contributed by atoms with van der Waals surface area (Å²) in [4.78, 5) is 18.5. The molecule has 0 saturated heterocycles. The minimum absolute atomic E-state index is 0. The first-order chi connectivity index (χ1) is 27.0. The molecule has 12 rings (SSSR count). The number of carbonyl (C=O) groups is 1. The molecular weight excluding hydrogens is 903 g/mol. The topological polar surface area (TPSA) is 50.2 Å². The maximum Gasteiger partial charge on any atom is 0.165 e. The first-order valence-corrected chi connectivity index (χ1v) is 26.0. The summed E-state index contributed by atoms with van der Waals surface area (Å²) < 4.78 is 0. The third-order valence-electron chi connectivity index (χ3n) is 15.6. The van der Waals surface area contributed by atoms with Gasteiger partial charge in [-0.1, -0.05) is 108 Å². The smallest absolute Gasteiger partial charge is 0.165 e. The van der Waals surface area contributed by atoms with E-state index >= 15 is 0 Å². The van der Waals surface area contributed by atoms with Crippen LogP contribution in [0.5, 0.6) is 0 Å². The van der Waals surface area contributed by atoms with Crippen LogP contribution in [-0.4, -0.2) is 23.9 Å². The Morgan fingerprint density at radius 3 is 1.76 bits per heavy atom. The molecule has 8 aliphatic rings. The average molecular weight is 969 g/mol. The molecule has 8 fully saturated rings. The number of allylic oxidation sites excluding steroid dienone is 2. The molecule has 309 valence electrons. The zero-order valence-corrected chi connectivity index (χ0v) is 39.8. The van der Waals surface area contributed by atoms with E-state index in [0.29, 0.717) is 11.5 Å². The van der Waals surface area contributed by atoms with Crippen LogP contribution in [0, 0.1) is 66.3 Å². The molecule has 0 spiro atoms. The van der Waals surface area contributed by atoms with Gasteiger partial charge in [-0.3, -0.25) is 9.78 Å². The Bertz CT molecular complexity index is 2150. The summed E-state index contributed by atoms with van der Waals surface area (Å²) in [6.07, 6.45) is 16.8. The van der Waals surface area contributed by atoms with E-state index in [4.69, 9.17) is 4.98 Å². The van der Waals surface area contributed by atoms with Gasteiger partial charge in [0.2, 0.25) is 0 Å². The van der Waals surface area contributed by atoms with Gasteiger partial charge in [0.25, 0.3) is 0 Å². The van der Waals surface area contributed by atoms with Crippen molar-refractivity contribution in [2.75, 3.05) is 0 Å². The van der Waals surface area contributed by atoms with Gasteiger partial charge in [0.1, 0.15) is 5.76 Å². The van der Waals surface area contributed by atoms with Gasteiger partial charge in [0, 0.05) is 42.4 Å². The second-order valence-electron chi connectivity index (χ2n) is 22.3. The maximum absolute atomic E-state index is 13.4. The number of pyridine rings is 1. The van der Waals surface area contributed by atoms with Crippen molar-refractivity contribution in [2.45, 2.75) is 137 Å². The Hall–Kier alpha value is -2.85. The van der Waals surface area contributed by atoms with E-state index in [9.17, 15) is 9.90 Å². The van der Waals surface area contributed by atoms with Crippen LogP contribution in [0.1, 0.15) is 115 Å². The fourth-order valence-electron chi connectivity index (χ4n) is 14.1.